The van der Waals surface area contributed by atoms with Gasteiger partial charge in [-0.25, -0.2) is 4.39 Å². The van der Waals surface area contributed by atoms with E-state index in [0.29, 0.717) is 29.7 Å². The molecule has 2 unspecified atom stereocenters. The standard InChI is InChI=1S/C22H25FN2O4/c1-4-29-20-10-15(20)9-19(26)16-8-17(21(27)24-3)22(28)25(12-16)11-14-5-6-18(23)13(2)7-14/h5-8,12,15,20H,4,9-11H2,1-3H3,(H,24,27). The van der Waals surface area contributed by atoms with Crippen LogP contribution in [0.5, 0.6) is 0 Å². The number of carbonyl (C=O) groups excluding carboxylic acids is 2. The summed E-state index contributed by atoms with van der Waals surface area (Å²) in [4.78, 5) is 37.7. The van der Waals surface area contributed by atoms with Crippen LogP contribution in [0, 0.1) is 18.7 Å². The third-order valence-corrected chi connectivity index (χ3v) is 5.14. The number of nitrogens with one attached hydrogen (secondary N) is 1. The Balaban J connectivity index is 1.91. The van der Waals surface area contributed by atoms with Crippen LogP contribution in [-0.2, 0) is 11.3 Å². The maximum Gasteiger partial charge on any atom is 0.263 e. The average Bonchev–Trinajstić information content (AvgIpc) is 3.43. The van der Waals surface area contributed by atoms with Gasteiger partial charge in [-0.3, -0.25) is 14.4 Å². The minimum Gasteiger partial charge on any atom is -0.378 e. The molecule has 1 amide bonds. The van der Waals surface area contributed by atoms with Crippen molar-refractivity contribution in [3.63, 3.8) is 0 Å². The van der Waals surface area contributed by atoms with E-state index in [0.717, 1.165) is 6.42 Å². The van der Waals surface area contributed by atoms with Gasteiger partial charge >= 0.3 is 0 Å². The number of hydrogen-bond acceptors (Lipinski definition) is 4. The topological polar surface area (TPSA) is 77.4 Å². The summed E-state index contributed by atoms with van der Waals surface area (Å²) in [7, 11) is 1.43. The molecule has 2 atom stereocenters. The van der Waals surface area contributed by atoms with Gasteiger partial charge in [0.2, 0.25) is 0 Å². The first-order valence-corrected chi connectivity index (χ1v) is 9.70. The third-order valence-electron chi connectivity index (χ3n) is 5.14. The Hall–Kier alpha value is -2.80. The lowest BCUT2D eigenvalue weighted by atomic mass is 10.0. The maximum atomic E-state index is 13.5. The van der Waals surface area contributed by atoms with E-state index in [1.807, 2.05) is 6.92 Å². The second-order valence-electron chi connectivity index (χ2n) is 7.36. The van der Waals surface area contributed by atoms with E-state index >= 15 is 0 Å². The lowest BCUT2D eigenvalue weighted by Gasteiger charge is -2.12. The smallest absolute Gasteiger partial charge is 0.263 e. The summed E-state index contributed by atoms with van der Waals surface area (Å²) in [5.41, 5.74) is 0.891. The van der Waals surface area contributed by atoms with Gasteiger partial charge in [0, 0.05) is 31.8 Å². The first-order chi connectivity index (χ1) is 13.8. The van der Waals surface area contributed by atoms with Gasteiger partial charge in [0.15, 0.2) is 5.78 Å². The number of nitrogens with zero attached hydrogens (tertiary/aromatic N) is 1. The highest BCUT2D eigenvalue weighted by Crippen LogP contribution is 2.37. The zero-order chi connectivity index (χ0) is 21.1. The van der Waals surface area contributed by atoms with Crippen molar-refractivity contribution < 1.29 is 18.7 Å². The fraction of sp³-hybridized carbons (Fsp3) is 0.409. The highest BCUT2D eigenvalue weighted by Gasteiger charge is 2.39. The Bertz CT molecular complexity index is 999. The minimum atomic E-state index is -0.549. The molecule has 0 aliphatic heterocycles. The number of halogens is 1. The van der Waals surface area contributed by atoms with Gasteiger partial charge in [0.05, 0.1) is 12.6 Å². The monoisotopic (exact) mass is 400 g/mol. The SMILES string of the molecule is CCOC1CC1CC(=O)c1cc(C(=O)NC)c(=O)n(Cc2ccc(F)c(C)c2)c1. The lowest BCUT2D eigenvalue weighted by molar-refractivity contribution is 0.0931. The summed E-state index contributed by atoms with van der Waals surface area (Å²) in [6, 6.07) is 5.92. The normalized spacial score (nSPS) is 17.8. The summed E-state index contributed by atoms with van der Waals surface area (Å²) < 4.78 is 20.4. The molecule has 1 aliphatic carbocycles. The van der Waals surface area contributed by atoms with Crippen molar-refractivity contribution in [3.8, 4) is 0 Å². The van der Waals surface area contributed by atoms with Crippen molar-refractivity contribution in [2.45, 2.75) is 39.3 Å². The molecule has 3 rings (SSSR count). The Morgan fingerprint density at radius 1 is 1.31 bits per heavy atom. The van der Waals surface area contributed by atoms with Gasteiger partial charge in [0.1, 0.15) is 11.4 Å². The van der Waals surface area contributed by atoms with Crippen molar-refractivity contribution in [3.05, 3.63) is 68.9 Å². The van der Waals surface area contributed by atoms with Crippen molar-refractivity contribution in [2.24, 2.45) is 5.92 Å². The van der Waals surface area contributed by atoms with Crippen LogP contribution in [0.4, 0.5) is 4.39 Å². The number of benzene rings is 1. The van der Waals surface area contributed by atoms with Crippen LogP contribution in [0.2, 0.25) is 0 Å². The Labute approximate surface area is 168 Å². The van der Waals surface area contributed by atoms with Crippen LogP contribution in [0.1, 0.15) is 51.6 Å². The summed E-state index contributed by atoms with van der Waals surface area (Å²) in [6.07, 6.45) is 2.74. The zero-order valence-corrected chi connectivity index (χ0v) is 16.8. The Morgan fingerprint density at radius 3 is 2.72 bits per heavy atom. The first kappa shape index (κ1) is 20.9. The van der Waals surface area contributed by atoms with E-state index in [-0.39, 0.29) is 35.7 Å². The van der Waals surface area contributed by atoms with E-state index in [2.05, 4.69) is 5.32 Å². The van der Waals surface area contributed by atoms with Crippen molar-refractivity contribution >= 4 is 11.7 Å². The minimum absolute atomic E-state index is 0.0886. The Kier molecular flexibility index (Phi) is 6.27. The second kappa shape index (κ2) is 8.69. The second-order valence-corrected chi connectivity index (χ2v) is 7.36. The number of amides is 1. The summed E-state index contributed by atoms with van der Waals surface area (Å²) in [6.45, 7) is 4.30. The molecular formula is C22H25FN2O4. The van der Waals surface area contributed by atoms with E-state index < -0.39 is 11.5 Å². The van der Waals surface area contributed by atoms with Gasteiger partial charge in [-0.15, -0.1) is 0 Å². The molecule has 1 aliphatic rings. The molecule has 29 heavy (non-hydrogen) atoms. The largest absolute Gasteiger partial charge is 0.378 e. The molecular weight excluding hydrogens is 375 g/mol. The Morgan fingerprint density at radius 2 is 2.07 bits per heavy atom. The molecule has 0 spiro atoms. The van der Waals surface area contributed by atoms with E-state index in [1.165, 1.54) is 29.9 Å². The molecule has 1 aromatic heterocycles. The van der Waals surface area contributed by atoms with Gasteiger partial charge in [-0.05, 0) is 49.4 Å². The molecule has 1 N–H and O–H groups in total. The molecule has 1 aromatic carbocycles. The molecule has 154 valence electrons. The van der Waals surface area contributed by atoms with Crippen LogP contribution >= 0.6 is 0 Å². The number of Topliss-reactive ketones (excluding diaryl/α,β-unsaturated/α-hetero) is 1. The number of ether oxygens (including phenoxy) is 1. The van der Waals surface area contributed by atoms with Gasteiger partial charge in [0.25, 0.3) is 11.5 Å². The summed E-state index contributed by atoms with van der Waals surface area (Å²) >= 11 is 0. The quantitative estimate of drug-likeness (QED) is 0.691. The molecule has 7 heteroatoms. The first-order valence-electron chi connectivity index (χ1n) is 9.70. The van der Waals surface area contributed by atoms with E-state index in [1.54, 1.807) is 19.1 Å². The maximum absolute atomic E-state index is 13.5. The highest BCUT2D eigenvalue weighted by molar-refractivity contribution is 6.00. The molecule has 2 aromatic rings. The molecule has 1 fully saturated rings. The molecule has 6 nitrogen and oxygen atoms in total. The van der Waals surface area contributed by atoms with E-state index in [9.17, 15) is 18.8 Å². The number of hydrogen-bond donors (Lipinski definition) is 1. The van der Waals surface area contributed by atoms with Gasteiger partial charge in [-0.2, -0.15) is 0 Å². The number of ketones is 1. The molecule has 1 saturated carbocycles. The molecule has 0 radical (unpaired) electrons. The highest BCUT2D eigenvalue weighted by atomic mass is 19.1. The predicted octanol–water partition coefficient (Wildman–Crippen LogP) is 2.70. The van der Waals surface area contributed by atoms with Crippen molar-refractivity contribution in [2.75, 3.05) is 13.7 Å². The molecule has 1 heterocycles. The number of carbonyl (C=O) groups is 2. The van der Waals surface area contributed by atoms with Crippen molar-refractivity contribution in [1.82, 2.24) is 9.88 Å². The molecule has 0 saturated heterocycles. The summed E-state index contributed by atoms with van der Waals surface area (Å²) in [5.74, 6) is -0.839. The third kappa shape index (κ3) is 4.79. The average molecular weight is 400 g/mol. The van der Waals surface area contributed by atoms with Crippen LogP contribution in [-0.4, -0.2) is 36.0 Å². The van der Waals surface area contributed by atoms with Crippen molar-refractivity contribution in [1.29, 1.82) is 0 Å². The fourth-order valence-corrected chi connectivity index (χ4v) is 3.41. The van der Waals surface area contributed by atoms with Gasteiger partial charge < -0.3 is 14.6 Å². The fourth-order valence-electron chi connectivity index (χ4n) is 3.41. The number of rotatable bonds is 8. The predicted molar refractivity (Wildman–Crippen MR) is 107 cm³/mol. The van der Waals surface area contributed by atoms with Crippen LogP contribution in [0.15, 0.2) is 35.3 Å². The van der Waals surface area contributed by atoms with Crippen LogP contribution in [0.3, 0.4) is 0 Å². The van der Waals surface area contributed by atoms with E-state index in [4.69, 9.17) is 4.74 Å². The van der Waals surface area contributed by atoms with Gasteiger partial charge in [-0.1, -0.05) is 12.1 Å². The summed E-state index contributed by atoms with van der Waals surface area (Å²) in [5, 5.41) is 2.44. The molecule has 0 bridgehead atoms. The number of aryl methyl sites for hydroxylation is 1. The number of aromatic nitrogens is 1. The zero-order valence-electron chi connectivity index (χ0n) is 16.8. The lowest BCUT2D eigenvalue weighted by Crippen LogP contribution is -2.32. The van der Waals surface area contributed by atoms with Crippen LogP contribution < -0.4 is 10.9 Å². The van der Waals surface area contributed by atoms with Crippen LogP contribution in [0.25, 0.3) is 0 Å². The number of pyridine rings is 1.